The zero-order chi connectivity index (χ0) is 25.6. The molecule has 0 fully saturated rings. The van der Waals surface area contributed by atoms with Crippen LogP contribution in [0.2, 0.25) is 0 Å². The lowest BCUT2D eigenvalue weighted by Gasteiger charge is -2.40. The Bertz CT molecular complexity index is 1690. The second kappa shape index (κ2) is 9.00. The minimum absolute atomic E-state index is 0.0979. The summed E-state index contributed by atoms with van der Waals surface area (Å²) in [5.41, 5.74) is 5.83. The van der Waals surface area contributed by atoms with E-state index in [1.54, 1.807) is 18.4 Å². The van der Waals surface area contributed by atoms with E-state index in [-0.39, 0.29) is 6.04 Å². The number of methoxy groups -OCH3 is 1. The van der Waals surface area contributed by atoms with E-state index in [0.29, 0.717) is 5.84 Å². The zero-order valence-corrected chi connectivity index (χ0v) is 21.7. The Hall–Kier alpha value is -4.69. The normalized spacial score (nSPS) is 15.6. The van der Waals surface area contributed by atoms with Gasteiger partial charge in [-0.2, -0.15) is 5.10 Å². The van der Waals surface area contributed by atoms with Crippen molar-refractivity contribution >= 4 is 45.9 Å². The van der Waals surface area contributed by atoms with E-state index in [1.807, 2.05) is 59.3 Å². The molecule has 7 nitrogen and oxygen atoms in total. The van der Waals surface area contributed by atoms with Gasteiger partial charge in [-0.05, 0) is 66.9 Å². The number of aryl methyl sites for hydroxylation is 1. The number of nitrogens with one attached hydrogen (secondary N) is 1. The van der Waals surface area contributed by atoms with Gasteiger partial charge >= 0.3 is 0 Å². The van der Waals surface area contributed by atoms with Gasteiger partial charge in [0.05, 0.1) is 29.9 Å². The topological polar surface area (TPSA) is 67.0 Å². The van der Waals surface area contributed by atoms with Gasteiger partial charge in [-0.1, -0.05) is 36.4 Å². The van der Waals surface area contributed by atoms with Gasteiger partial charge in [0.25, 0.3) is 0 Å². The molecule has 8 heteroatoms. The van der Waals surface area contributed by atoms with Gasteiger partial charge in [-0.15, -0.1) is 11.3 Å². The first-order valence-electron chi connectivity index (χ1n) is 12.4. The van der Waals surface area contributed by atoms with E-state index >= 15 is 0 Å². The van der Waals surface area contributed by atoms with E-state index < -0.39 is 0 Å². The van der Waals surface area contributed by atoms with Crippen LogP contribution in [-0.2, 0) is 0 Å². The number of rotatable bonds is 4. The van der Waals surface area contributed by atoms with Crippen molar-refractivity contribution in [3.63, 3.8) is 0 Å². The van der Waals surface area contributed by atoms with Crippen LogP contribution in [0.25, 0.3) is 5.69 Å². The maximum atomic E-state index is 5.34. The average molecular weight is 517 g/mol. The molecule has 0 radical (unpaired) electrons. The molecule has 2 aromatic heterocycles. The van der Waals surface area contributed by atoms with E-state index in [4.69, 9.17) is 19.8 Å². The summed E-state index contributed by atoms with van der Waals surface area (Å²) in [7, 11) is 1.67. The molecule has 4 heterocycles. The maximum absolute atomic E-state index is 5.34. The summed E-state index contributed by atoms with van der Waals surface area (Å²) in [6.45, 7) is 2.07. The van der Waals surface area contributed by atoms with Crippen LogP contribution in [0.3, 0.4) is 0 Å². The Kier molecular flexibility index (Phi) is 5.33. The van der Waals surface area contributed by atoms with Crippen LogP contribution in [0, 0.1) is 6.92 Å². The van der Waals surface area contributed by atoms with E-state index in [1.165, 1.54) is 4.88 Å². The molecule has 2 aliphatic heterocycles. The first-order valence-corrected chi connectivity index (χ1v) is 13.2. The molecule has 1 N–H and O–H groups in total. The molecule has 38 heavy (non-hydrogen) atoms. The first-order chi connectivity index (χ1) is 18.7. The molecule has 0 bridgehead atoms. The number of para-hydroxylation sites is 3. The fourth-order valence-corrected chi connectivity index (χ4v) is 5.90. The van der Waals surface area contributed by atoms with Crippen LogP contribution in [0.1, 0.15) is 22.2 Å². The largest absolute Gasteiger partial charge is 0.497 e. The van der Waals surface area contributed by atoms with Gasteiger partial charge in [0, 0.05) is 16.1 Å². The summed E-state index contributed by atoms with van der Waals surface area (Å²) < 4.78 is 7.29. The molecule has 3 aromatic carbocycles. The number of thiophene rings is 1. The molecule has 186 valence electrons. The molecule has 0 amide bonds. The molecular weight excluding hydrogens is 492 g/mol. The first kappa shape index (κ1) is 22.5. The summed E-state index contributed by atoms with van der Waals surface area (Å²) in [5.74, 6) is 3.05. The number of fused-ring (bicyclic) bond motifs is 4. The number of benzene rings is 3. The van der Waals surface area contributed by atoms with Crippen LogP contribution in [-0.4, -0.2) is 28.6 Å². The second-order valence-electron chi connectivity index (χ2n) is 9.10. The van der Waals surface area contributed by atoms with Crippen LogP contribution in [0.5, 0.6) is 5.75 Å². The smallest absolute Gasteiger partial charge is 0.179 e. The van der Waals surface area contributed by atoms with E-state index in [9.17, 15) is 0 Å². The third kappa shape index (κ3) is 3.61. The van der Waals surface area contributed by atoms with Gasteiger partial charge < -0.3 is 15.0 Å². The summed E-state index contributed by atoms with van der Waals surface area (Å²) >= 11 is 1.74. The molecule has 0 spiro atoms. The number of hydrogen-bond donors (Lipinski definition) is 1. The van der Waals surface area contributed by atoms with Gasteiger partial charge in [0.15, 0.2) is 17.5 Å². The van der Waals surface area contributed by atoms with Crippen molar-refractivity contribution in [2.45, 2.75) is 13.0 Å². The van der Waals surface area contributed by atoms with E-state index in [0.717, 1.165) is 51.4 Å². The highest BCUT2D eigenvalue weighted by atomic mass is 32.1. The minimum atomic E-state index is -0.0979. The Morgan fingerprint density at radius 3 is 2.42 bits per heavy atom. The Balaban J connectivity index is 1.46. The number of nitrogens with zero attached hydrogens (tertiary/aromatic N) is 5. The Labute approximate surface area is 224 Å². The molecule has 2 aliphatic rings. The van der Waals surface area contributed by atoms with Crippen molar-refractivity contribution in [2.24, 2.45) is 9.98 Å². The standard InChI is InChI=1S/C30H24N6OS/c1-19-26-27(25-13-8-18-38-25)35-24-12-7-6-11-23(24)32-28(31-20-14-16-22(37-2)17-15-20)30(35)33-29(26)36(34-19)21-9-4-3-5-10-21/h3-18,27H,1-2H3,(H,31,32)/t27-/m0/s1. The number of anilines is 2. The summed E-state index contributed by atoms with van der Waals surface area (Å²) in [4.78, 5) is 13.8. The number of ether oxygens (including phenoxy) is 1. The zero-order valence-electron chi connectivity index (χ0n) is 20.9. The van der Waals surface area contributed by atoms with Crippen molar-refractivity contribution in [1.82, 2.24) is 9.78 Å². The number of aromatic nitrogens is 2. The fourth-order valence-electron chi connectivity index (χ4n) is 5.07. The van der Waals surface area contributed by atoms with Crippen LogP contribution in [0.4, 0.5) is 22.9 Å². The van der Waals surface area contributed by atoms with Crippen molar-refractivity contribution in [3.8, 4) is 11.4 Å². The summed E-state index contributed by atoms with van der Waals surface area (Å²) in [6.07, 6.45) is 0. The predicted octanol–water partition coefficient (Wildman–Crippen LogP) is 7.05. The highest BCUT2D eigenvalue weighted by molar-refractivity contribution is 7.10. The van der Waals surface area contributed by atoms with Crippen molar-refractivity contribution in [1.29, 1.82) is 0 Å². The molecule has 7 rings (SSSR count). The summed E-state index contributed by atoms with van der Waals surface area (Å²) in [5, 5.41) is 10.6. The summed E-state index contributed by atoms with van der Waals surface area (Å²) in [6, 6.07) is 30.4. The lowest BCUT2D eigenvalue weighted by atomic mass is 9.98. The van der Waals surface area contributed by atoms with Crippen LogP contribution >= 0.6 is 11.3 Å². The SMILES string of the molecule is COc1ccc(NC2=Nc3ccccc3N3C2=Nc2c(c(C)nn2-c2ccccc2)[C@@H]3c2cccs2)cc1. The molecule has 0 saturated heterocycles. The predicted molar refractivity (Wildman–Crippen MR) is 154 cm³/mol. The van der Waals surface area contributed by atoms with Crippen LogP contribution < -0.4 is 15.0 Å². The molecule has 5 aromatic rings. The number of aliphatic imine (C=N–C) groups is 2. The highest BCUT2D eigenvalue weighted by Crippen LogP contribution is 2.49. The molecule has 0 aliphatic carbocycles. The van der Waals surface area contributed by atoms with E-state index in [2.05, 4.69) is 58.9 Å². The van der Waals surface area contributed by atoms with Gasteiger partial charge in [0.2, 0.25) is 0 Å². The molecule has 0 saturated carbocycles. The average Bonchev–Trinajstić information content (AvgIpc) is 3.61. The lowest BCUT2D eigenvalue weighted by molar-refractivity contribution is 0.415. The maximum Gasteiger partial charge on any atom is 0.179 e. The van der Waals surface area contributed by atoms with Crippen molar-refractivity contribution in [2.75, 3.05) is 17.3 Å². The molecule has 0 unspecified atom stereocenters. The van der Waals surface area contributed by atoms with Crippen molar-refractivity contribution in [3.05, 3.63) is 113 Å². The number of hydrogen-bond acceptors (Lipinski definition) is 7. The molecular formula is C30H24N6OS. The lowest BCUT2D eigenvalue weighted by Crippen LogP contribution is -2.46. The fraction of sp³-hybridized carbons (Fsp3) is 0.100. The van der Waals surface area contributed by atoms with Gasteiger partial charge in [0.1, 0.15) is 11.8 Å². The number of amidine groups is 2. The Morgan fingerprint density at radius 2 is 1.66 bits per heavy atom. The molecule has 1 atom stereocenters. The van der Waals surface area contributed by atoms with Gasteiger partial charge in [-0.25, -0.2) is 14.7 Å². The second-order valence-corrected chi connectivity index (χ2v) is 10.1. The minimum Gasteiger partial charge on any atom is -0.497 e. The third-order valence-electron chi connectivity index (χ3n) is 6.80. The van der Waals surface area contributed by atoms with Gasteiger partial charge in [-0.3, -0.25) is 0 Å². The van der Waals surface area contributed by atoms with Crippen molar-refractivity contribution < 1.29 is 4.74 Å². The highest BCUT2D eigenvalue weighted by Gasteiger charge is 2.41. The Morgan fingerprint density at radius 1 is 0.868 bits per heavy atom. The monoisotopic (exact) mass is 516 g/mol. The quantitative estimate of drug-likeness (QED) is 0.278. The third-order valence-corrected chi connectivity index (χ3v) is 7.73. The van der Waals surface area contributed by atoms with Crippen LogP contribution in [0.15, 0.2) is 106 Å².